The first-order valence-corrected chi connectivity index (χ1v) is 4.09. The van der Waals surface area contributed by atoms with Gasteiger partial charge in [0.15, 0.2) is 0 Å². The molecular weight excluding hydrogens is 165 g/mol. The first-order valence-electron chi connectivity index (χ1n) is 4.09. The van der Waals surface area contributed by atoms with Crippen molar-refractivity contribution in [3.63, 3.8) is 0 Å². The highest BCUT2D eigenvalue weighted by Gasteiger charge is 2.02. The summed E-state index contributed by atoms with van der Waals surface area (Å²) in [7, 11) is 1.87. The van der Waals surface area contributed by atoms with Crippen LogP contribution in [0.2, 0.25) is 0 Å². The summed E-state index contributed by atoms with van der Waals surface area (Å²) >= 11 is 0. The highest BCUT2D eigenvalue weighted by molar-refractivity contribution is 5.17. The first kappa shape index (κ1) is 9.76. The lowest BCUT2D eigenvalue weighted by Crippen LogP contribution is -2.18. The Morgan fingerprint density at radius 3 is 2.77 bits per heavy atom. The summed E-state index contributed by atoms with van der Waals surface area (Å²) in [4.78, 5) is 1.89. The van der Waals surface area contributed by atoms with Crippen LogP contribution in [-0.2, 0) is 6.54 Å². The highest BCUT2D eigenvalue weighted by atomic mass is 19.1. The van der Waals surface area contributed by atoms with Crippen LogP contribution in [-0.4, -0.2) is 18.5 Å². The van der Waals surface area contributed by atoms with Crippen molar-refractivity contribution in [2.24, 2.45) is 0 Å². The van der Waals surface area contributed by atoms with E-state index in [2.05, 4.69) is 5.92 Å². The Labute approximate surface area is 78.2 Å². The first-order chi connectivity index (χ1) is 6.24. The van der Waals surface area contributed by atoms with Gasteiger partial charge in [-0.1, -0.05) is 24.1 Å². The van der Waals surface area contributed by atoms with Crippen molar-refractivity contribution < 1.29 is 4.39 Å². The maximum absolute atomic E-state index is 13.1. The van der Waals surface area contributed by atoms with Crippen LogP contribution in [0, 0.1) is 18.2 Å². The van der Waals surface area contributed by atoms with Crippen molar-refractivity contribution in [1.82, 2.24) is 4.90 Å². The van der Waals surface area contributed by atoms with Crippen molar-refractivity contribution in [2.45, 2.75) is 6.54 Å². The van der Waals surface area contributed by atoms with Gasteiger partial charge in [-0.05, 0) is 13.1 Å². The van der Waals surface area contributed by atoms with E-state index in [0.29, 0.717) is 18.7 Å². The van der Waals surface area contributed by atoms with Gasteiger partial charge in [0.2, 0.25) is 0 Å². The van der Waals surface area contributed by atoms with Crippen LogP contribution in [0.4, 0.5) is 4.39 Å². The van der Waals surface area contributed by atoms with Crippen LogP contribution < -0.4 is 0 Å². The van der Waals surface area contributed by atoms with Crippen molar-refractivity contribution in [3.8, 4) is 12.3 Å². The number of benzene rings is 1. The van der Waals surface area contributed by atoms with E-state index in [-0.39, 0.29) is 5.82 Å². The molecular formula is C11H12FN. The molecule has 0 amide bonds. The standard InChI is InChI=1S/C11H12FN/c1-3-8-13(2)9-10-6-4-5-7-11(10)12/h1,4-7H,8-9H2,2H3. The molecule has 0 bridgehead atoms. The predicted molar refractivity (Wildman–Crippen MR) is 51.6 cm³/mol. The van der Waals surface area contributed by atoms with Crippen LogP contribution in [0.5, 0.6) is 0 Å². The maximum Gasteiger partial charge on any atom is 0.127 e. The van der Waals surface area contributed by atoms with Crippen molar-refractivity contribution in [1.29, 1.82) is 0 Å². The van der Waals surface area contributed by atoms with E-state index in [4.69, 9.17) is 6.42 Å². The molecule has 0 atom stereocenters. The molecule has 0 saturated heterocycles. The molecule has 0 aliphatic heterocycles. The second-order valence-electron chi connectivity index (χ2n) is 2.97. The number of terminal acetylenes is 1. The zero-order valence-electron chi connectivity index (χ0n) is 7.63. The Bertz CT molecular complexity index is 314. The number of halogens is 1. The summed E-state index contributed by atoms with van der Waals surface area (Å²) in [6.45, 7) is 1.09. The van der Waals surface area contributed by atoms with Crippen LogP contribution >= 0.6 is 0 Å². The number of hydrogen-bond acceptors (Lipinski definition) is 1. The molecule has 0 N–H and O–H groups in total. The molecule has 0 radical (unpaired) electrons. The average molecular weight is 177 g/mol. The molecule has 68 valence electrons. The molecule has 0 heterocycles. The van der Waals surface area contributed by atoms with Crippen LogP contribution in [0.1, 0.15) is 5.56 Å². The van der Waals surface area contributed by atoms with Gasteiger partial charge < -0.3 is 0 Å². The Hall–Kier alpha value is -1.33. The summed E-state index contributed by atoms with van der Waals surface area (Å²) in [6.07, 6.45) is 5.14. The molecule has 0 unspecified atom stereocenters. The number of rotatable bonds is 3. The molecule has 1 nitrogen and oxygen atoms in total. The summed E-state index contributed by atoms with van der Waals surface area (Å²) < 4.78 is 13.1. The molecule has 1 aromatic rings. The lowest BCUT2D eigenvalue weighted by molar-refractivity contribution is 0.361. The van der Waals surface area contributed by atoms with E-state index >= 15 is 0 Å². The fourth-order valence-electron chi connectivity index (χ4n) is 1.13. The SMILES string of the molecule is C#CCN(C)Cc1ccccc1F. The largest absolute Gasteiger partial charge is 0.291 e. The predicted octanol–water partition coefficient (Wildman–Crippen LogP) is 1.89. The van der Waals surface area contributed by atoms with Crippen LogP contribution in [0.3, 0.4) is 0 Å². The summed E-state index contributed by atoms with van der Waals surface area (Å²) in [5.74, 6) is 2.34. The minimum absolute atomic E-state index is 0.175. The molecule has 0 spiro atoms. The van der Waals surface area contributed by atoms with Gasteiger partial charge in [-0.2, -0.15) is 0 Å². The summed E-state index contributed by atoms with van der Waals surface area (Å²) in [5, 5.41) is 0. The third-order valence-corrected chi connectivity index (χ3v) is 1.76. The second kappa shape index (κ2) is 4.64. The van der Waals surface area contributed by atoms with Crippen molar-refractivity contribution in [3.05, 3.63) is 35.6 Å². The topological polar surface area (TPSA) is 3.24 Å². The van der Waals surface area contributed by atoms with Crippen LogP contribution in [0.15, 0.2) is 24.3 Å². The van der Waals surface area contributed by atoms with Gasteiger partial charge in [0.05, 0.1) is 6.54 Å². The Kier molecular flexibility index (Phi) is 3.48. The Morgan fingerprint density at radius 2 is 2.15 bits per heavy atom. The maximum atomic E-state index is 13.1. The van der Waals surface area contributed by atoms with Gasteiger partial charge in [-0.25, -0.2) is 4.39 Å². The lowest BCUT2D eigenvalue weighted by Gasteiger charge is -2.13. The minimum Gasteiger partial charge on any atom is -0.291 e. The minimum atomic E-state index is -0.175. The molecule has 0 aliphatic carbocycles. The molecule has 2 heteroatoms. The van der Waals surface area contributed by atoms with Gasteiger partial charge in [0, 0.05) is 12.1 Å². The van der Waals surface area contributed by atoms with E-state index in [1.54, 1.807) is 12.1 Å². The molecule has 0 fully saturated rings. The third kappa shape index (κ3) is 2.89. The average Bonchev–Trinajstić information content (AvgIpc) is 2.09. The van der Waals surface area contributed by atoms with Gasteiger partial charge >= 0.3 is 0 Å². The molecule has 13 heavy (non-hydrogen) atoms. The quantitative estimate of drug-likeness (QED) is 0.637. The molecule has 1 aromatic carbocycles. The Morgan fingerprint density at radius 1 is 1.46 bits per heavy atom. The molecule has 0 saturated carbocycles. The van der Waals surface area contributed by atoms with Crippen molar-refractivity contribution in [2.75, 3.05) is 13.6 Å². The molecule has 1 rings (SSSR count). The highest BCUT2D eigenvalue weighted by Crippen LogP contribution is 2.08. The van der Waals surface area contributed by atoms with E-state index in [0.717, 1.165) is 0 Å². The third-order valence-electron chi connectivity index (χ3n) is 1.76. The fraction of sp³-hybridized carbons (Fsp3) is 0.273. The van der Waals surface area contributed by atoms with Crippen molar-refractivity contribution >= 4 is 0 Å². The van der Waals surface area contributed by atoms with E-state index in [9.17, 15) is 4.39 Å². The van der Waals surface area contributed by atoms with Gasteiger partial charge in [0.25, 0.3) is 0 Å². The second-order valence-corrected chi connectivity index (χ2v) is 2.97. The number of nitrogens with zero attached hydrogens (tertiary/aromatic N) is 1. The smallest absolute Gasteiger partial charge is 0.127 e. The zero-order valence-corrected chi connectivity index (χ0v) is 7.63. The molecule has 0 aliphatic rings. The van der Waals surface area contributed by atoms with E-state index < -0.39 is 0 Å². The fourth-order valence-corrected chi connectivity index (χ4v) is 1.13. The lowest BCUT2D eigenvalue weighted by atomic mass is 10.2. The van der Waals surface area contributed by atoms with Gasteiger partial charge in [0.1, 0.15) is 5.82 Å². The van der Waals surface area contributed by atoms with E-state index in [1.165, 1.54) is 6.07 Å². The number of hydrogen-bond donors (Lipinski definition) is 0. The summed E-state index contributed by atoms with van der Waals surface area (Å²) in [5.41, 5.74) is 0.681. The molecule has 0 aromatic heterocycles. The summed E-state index contributed by atoms with van der Waals surface area (Å²) in [6, 6.07) is 6.73. The normalized spacial score (nSPS) is 10.0. The van der Waals surface area contributed by atoms with Gasteiger partial charge in [-0.3, -0.25) is 4.90 Å². The van der Waals surface area contributed by atoms with Crippen LogP contribution in [0.25, 0.3) is 0 Å². The van der Waals surface area contributed by atoms with E-state index in [1.807, 2.05) is 18.0 Å². The van der Waals surface area contributed by atoms with Gasteiger partial charge in [-0.15, -0.1) is 6.42 Å². The Balaban J connectivity index is 2.64. The zero-order chi connectivity index (χ0) is 9.68. The monoisotopic (exact) mass is 177 g/mol.